The highest BCUT2D eigenvalue weighted by Gasteiger charge is 2.16. The molecule has 3 rings (SSSR count). The van der Waals surface area contributed by atoms with Crippen LogP contribution < -0.4 is 0 Å². The molecule has 0 spiro atoms. The maximum Gasteiger partial charge on any atom is 0.337 e. The number of ketones is 2. The highest BCUT2D eigenvalue weighted by molar-refractivity contribution is 6.03. The fourth-order valence-corrected chi connectivity index (χ4v) is 2.75. The van der Waals surface area contributed by atoms with Gasteiger partial charge in [0, 0.05) is 23.8 Å². The van der Waals surface area contributed by atoms with E-state index in [-0.39, 0.29) is 30.2 Å². The van der Waals surface area contributed by atoms with Gasteiger partial charge in [0.25, 0.3) is 0 Å². The monoisotopic (exact) mass is 350 g/mol. The number of carbonyl (C=O) groups excluding carboxylic acids is 3. The molecule has 132 valence electrons. The van der Waals surface area contributed by atoms with E-state index in [1.54, 1.807) is 18.2 Å². The molecule has 0 fully saturated rings. The average molecular weight is 350 g/mol. The number of benzene rings is 2. The molecule has 5 nitrogen and oxygen atoms in total. The van der Waals surface area contributed by atoms with E-state index in [0.29, 0.717) is 16.7 Å². The summed E-state index contributed by atoms with van der Waals surface area (Å²) < 4.78 is 10.3. The van der Waals surface area contributed by atoms with Gasteiger partial charge in [0.05, 0.1) is 12.7 Å². The van der Waals surface area contributed by atoms with Gasteiger partial charge >= 0.3 is 5.97 Å². The predicted molar refractivity (Wildman–Crippen MR) is 96.6 cm³/mol. The Morgan fingerprint density at radius 1 is 0.923 bits per heavy atom. The SMILES string of the molecule is COC(=O)c1ccc(C(=O)CCC(=O)c2cc3cccc(C)c3o2)cc1. The lowest BCUT2D eigenvalue weighted by Crippen LogP contribution is -2.06. The van der Waals surface area contributed by atoms with E-state index in [4.69, 9.17) is 4.42 Å². The standard InChI is InChI=1S/C21H18O5/c1-13-4-3-5-16-12-19(26-20(13)16)18(23)11-10-17(22)14-6-8-15(9-7-14)21(24)25-2/h3-9,12H,10-11H2,1-2H3. The minimum absolute atomic E-state index is 0.0659. The molecule has 0 aliphatic heterocycles. The highest BCUT2D eigenvalue weighted by Crippen LogP contribution is 2.23. The number of methoxy groups -OCH3 is 1. The zero-order chi connectivity index (χ0) is 18.7. The summed E-state index contributed by atoms with van der Waals surface area (Å²) in [7, 11) is 1.30. The smallest absolute Gasteiger partial charge is 0.337 e. The van der Waals surface area contributed by atoms with E-state index >= 15 is 0 Å². The molecule has 26 heavy (non-hydrogen) atoms. The first kappa shape index (κ1) is 17.6. The Bertz CT molecular complexity index is 979. The fourth-order valence-electron chi connectivity index (χ4n) is 2.75. The number of esters is 1. The molecule has 0 atom stereocenters. The second-order valence-electron chi connectivity index (χ2n) is 6.02. The molecule has 0 aliphatic carbocycles. The molecule has 0 unspecified atom stereocenters. The van der Waals surface area contributed by atoms with Crippen molar-refractivity contribution in [3.63, 3.8) is 0 Å². The largest absolute Gasteiger partial charge is 0.465 e. The number of rotatable bonds is 6. The first-order valence-electron chi connectivity index (χ1n) is 8.23. The highest BCUT2D eigenvalue weighted by atomic mass is 16.5. The van der Waals surface area contributed by atoms with Crippen molar-refractivity contribution in [2.24, 2.45) is 0 Å². The Kier molecular flexibility index (Phi) is 4.98. The number of para-hydroxylation sites is 1. The molecule has 0 N–H and O–H groups in total. The van der Waals surface area contributed by atoms with Gasteiger partial charge in [0.15, 0.2) is 17.3 Å². The Morgan fingerprint density at radius 2 is 1.58 bits per heavy atom. The molecule has 1 heterocycles. The van der Waals surface area contributed by atoms with Gasteiger partial charge in [-0.1, -0.05) is 30.3 Å². The average Bonchev–Trinajstić information content (AvgIpc) is 3.11. The molecule has 1 aromatic heterocycles. The summed E-state index contributed by atoms with van der Waals surface area (Å²) in [5, 5.41) is 0.873. The van der Waals surface area contributed by atoms with E-state index in [2.05, 4.69) is 4.74 Å². The minimum Gasteiger partial charge on any atom is -0.465 e. The molecule has 0 amide bonds. The zero-order valence-electron chi connectivity index (χ0n) is 14.6. The molecule has 3 aromatic rings. The van der Waals surface area contributed by atoms with Crippen LogP contribution in [-0.4, -0.2) is 24.6 Å². The van der Waals surface area contributed by atoms with E-state index < -0.39 is 5.97 Å². The minimum atomic E-state index is -0.459. The number of Topliss-reactive ketones (excluding diaryl/α,β-unsaturated/α-hetero) is 2. The molecule has 5 heteroatoms. The quantitative estimate of drug-likeness (QED) is 0.487. The molecule has 0 aliphatic rings. The summed E-state index contributed by atoms with van der Waals surface area (Å²) in [5.74, 6) is -0.565. The first-order valence-corrected chi connectivity index (χ1v) is 8.23. The summed E-state index contributed by atoms with van der Waals surface area (Å²) in [5.41, 5.74) is 2.48. The van der Waals surface area contributed by atoms with Gasteiger partial charge in [-0.3, -0.25) is 9.59 Å². The van der Waals surface area contributed by atoms with Crippen molar-refractivity contribution in [1.82, 2.24) is 0 Å². The van der Waals surface area contributed by atoms with Crippen LogP contribution in [0.25, 0.3) is 11.0 Å². The lowest BCUT2D eigenvalue weighted by atomic mass is 10.0. The van der Waals surface area contributed by atoms with E-state index in [1.807, 2.05) is 25.1 Å². The number of furan rings is 1. The van der Waals surface area contributed by atoms with Crippen molar-refractivity contribution in [3.05, 3.63) is 71.0 Å². The van der Waals surface area contributed by atoms with Crippen LogP contribution in [0.3, 0.4) is 0 Å². The molecule has 2 aromatic carbocycles. The summed E-state index contributed by atoms with van der Waals surface area (Å²) in [4.78, 5) is 36.0. The third-order valence-electron chi connectivity index (χ3n) is 4.22. The van der Waals surface area contributed by atoms with Gasteiger partial charge in [-0.15, -0.1) is 0 Å². The Balaban J connectivity index is 1.65. The second kappa shape index (κ2) is 7.35. The van der Waals surface area contributed by atoms with Crippen LogP contribution in [0, 0.1) is 6.92 Å². The third-order valence-corrected chi connectivity index (χ3v) is 4.22. The van der Waals surface area contributed by atoms with Gasteiger partial charge in [-0.2, -0.15) is 0 Å². The van der Waals surface area contributed by atoms with Gasteiger partial charge in [0.2, 0.25) is 0 Å². The number of aryl methyl sites for hydroxylation is 1. The molecule has 0 saturated heterocycles. The van der Waals surface area contributed by atoms with Crippen LogP contribution in [0.4, 0.5) is 0 Å². The lowest BCUT2D eigenvalue weighted by Gasteiger charge is -2.02. The second-order valence-corrected chi connectivity index (χ2v) is 6.02. The van der Waals surface area contributed by atoms with E-state index in [0.717, 1.165) is 10.9 Å². The third kappa shape index (κ3) is 3.57. The maximum atomic E-state index is 12.3. The number of ether oxygens (including phenoxy) is 1. The normalized spacial score (nSPS) is 10.7. The van der Waals surface area contributed by atoms with E-state index in [1.165, 1.54) is 19.2 Å². The molecular weight excluding hydrogens is 332 g/mol. The molecular formula is C21H18O5. The summed E-state index contributed by atoms with van der Waals surface area (Å²) >= 11 is 0. The summed E-state index contributed by atoms with van der Waals surface area (Å²) in [6.07, 6.45) is 0.142. The Hall–Kier alpha value is -3.21. The van der Waals surface area contributed by atoms with Crippen molar-refractivity contribution >= 4 is 28.5 Å². The van der Waals surface area contributed by atoms with Crippen molar-refractivity contribution in [2.75, 3.05) is 7.11 Å². The van der Waals surface area contributed by atoms with Crippen LogP contribution in [0.2, 0.25) is 0 Å². The number of carbonyl (C=O) groups is 3. The van der Waals surface area contributed by atoms with Crippen LogP contribution in [0.15, 0.2) is 52.9 Å². The van der Waals surface area contributed by atoms with E-state index in [9.17, 15) is 14.4 Å². The van der Waals surface area contributed by atoms with Crippen LogP contribution in [-0.2, 0) is 4.74 Å². The van der Waals surface area contributed by atoms with Gasteiger partial charge in [0.1, 0.15) is 5.58 Å². The molecule has 0 bridgehead atoms. The maximum absolute atomic E-state index is 12.3. The fraction of sp³-hybridized carbons (Fsp3) is 0.190. The molecule has 0 radical (unpaired) electrons. The van der Waals surface area contributed by atoms with Crippen molar-refractivity contribution in [2.45, 2.75) is 19.8 Å². The van der Waals surface area contributed by atoms with Gasteiger partial charge in [-0.25, -0.2) is 4.79 Å². The Labute approximate surface area is 150 Å². The first-order chi connectivity index (χ1) is 12.5. The number of fused-ring (bicyclic) bond motifs is 1. The zero-order valence-corrected chi connectivity index (χ0v) is 14.6. The van der Waals surface area contributed by atoms with Crippen LogP contribution in [0.5, 0.6) is 0 Å². The topological polar surface area (TPSA) is 73.6 Å². The van der Waals surface area contributed by atoms with Crippen molar-refractivity contribution < 1.29 is 23.5 Å². The number of hydrogen-bond donors (Lipinski definition) is 0. The van der Waals surface area contributed by atoms with Crippen molar-refractivity contribution in [3.8, 4) is 0 Å². The van der Waals surface area contributed by atoms with Crippen LogP contribution >= 0.6 is 0 Å². The summed E-state index contributed by atoms with van der Waals surface area (Å²) in [6.45, 7) is 1.92. The Morgan fingerprint density at radius 3 is 2.23 bits per heavy atom. The predicted octanol–water partition coefficient (Wildman–Crippen LogP) is 4.37. The van der Waals surface area contributed by atoms with Gasteiger partial charge in [-0.05, 0) is 30.7 Å². The van der Waals surface area contributed by atoms with Crippen LogP contribution in [0.1, 0.15) is 49.7 Å². The van der Waals surface area contributed by atoms with Crippen molar-refractivity contribution in [1.29, 1.82) is 0 Å². The lowest BCUT2D eigenvalue weighted by molar-refractivity contribution is 0.0600. The number of hydrogen-bond acceptors (Lipinski definition) is 5. The van der Waals surface area contributed by atoms with Gasteiger partial charge < -0.3 is 9.15 Å². The summed E-state index contributed by atoms with van der Waals surface area (Å²) in [6, 6.07) is 13.6. The molecule has 0 saturated carbocycles.